The fourth-order valence-electron chi connectivity index (χ4n) is 4.29. The largest absolute Gasteiger partial charge is 0.377 e. The van der Waals surface area contributed by atoms with Crippen LogP contribution in [0.3, 0.4) is 0 Å². The summed E-state index contributed by atoms with van der Waals surface area (Å²) in [4.78, 5) is 18.9. The van der Waals surface area contributed by atoms with Crippen molar-refractivity contribution in [3.05, 3.63) is 11.7 Å². The van der Waals surface area contributed by atoms with Crippen molar-refractivity contribution in [2.75, 3.05) is 13.7 Å². The number of carbonyl (C=O) groups is 1. The summed E-state index contributed by atoms with van der Waals surface area (Å²) in [7, 11) is 1.91. The lowest BCUT2D eigenvalue weighted by atomic mass is 9.57. The maximum absolute atomic E-state index is 12.6. The molecule has 3 rings (SSSR count). The Labute approximate surface area is 143 Å². The summed E-state index contributed by atoms with van der Waals surface area (Å²) < 4.78 is 11.1. The maximum Gasteiger partial charge on any atom is 0.227 e. The molecule has 0 N–H and O–H groups in total. The van der Waals surface area contributed by atoms with Crippen molar-refractivity contribution in [3.63, 3.8) is 0 Å². The Hall–Kier alpha value is -1.43. The normalized spacial score (nSPS) is 28.3. The lowest BCUT2D eigenvalue weighted by Gasteiger charge is -2.57. The van der Waals surface area contributed by atoms with Crippen LogP contribution in [-0.2, 0) is 21.4 Å². The molecule has 134 valence electrons. The van der Waals surface area contributed by atoms with Gasteiger partial charge in [0.2, 0.25) is 11.8 Å². The van der Waals surface area contributed by atoms with Gasteiger partial charge < -0.3 is 14.2 Å². The van der Waals surface area contributed by atoms with E-state index >= 15 is 0 Å². The standard InChI is InChI=1S/C18H29N3O3/c1-17(2,3)16-19-12(24-20-16)7-8-13(22)21(6)14-11-9-10-23-15(11)18(14,4)5/h11,14-15H,7-10H2,1-6H3/t11-,14-,15+/m1/s1. The van der Waals surface area contributed by atoms with Gasteiger partial charge in [-0.15, -0.1) is 0 Å². The Kier molecular flexibility index (Phi) is 4.22. The average molecular weight is 335 g/mol. The first-order valence-electron chi connectivity index (χ1n) is 8.82. The second-order valence-electron chi connectivity index (χ2n) is 8.78. The number of rotatable bonds is 4. The number of carbonyl (C=O) groups excluding carboxylic acids is 1. The van der Waals surface area contributed by atoms with Crippen molar-refractivity contribution in [3.8, 4) is 0 Å². The molecule has 6 nitrogen and oxygen atoms in total. The zero-order valence-corrected chi connectivity index (χ0v) is 15.6. The molecule has 24 heavy (non-hydrogen) atoms. The fraction of sp³-hybridized carbons (Fsp3) is 0.833. The van der Waals surface area contributed by atoms with Gasteiger partial charge >= 0.3 is 0 Å². The van der Waals surface area contributed by atoms with Gasteiger partial charge in [-0.3, -0.25) is 4.79 Å². The Balaban J connectivity index is 1.58. The molecule has 0 unspecified atom stereocenters. The second kappa shape index (κ2) is 5.83. The molecular weight excluding hydrogens is 306 g/mol. The topological polar surface area (TPSA) is 68.5 Å². The highest BCUT2D eigenvalue weighted by molar-refractivity contribution is 5.76. The SMILES string of the molecule is CN(C(=O)CCc1nc(C(C)(C)C)no1)[C@@H]1[C@H]2CCO[C@@H]2C1(C)C. The van der Waals surface area contributed by atoms with Crippen LogP contribution in [0.4, 0.5) is 0 Å². The van der Waals surface area contributed by atoms with Crippen LogP contribution < -0.4 is 0 Å². The lowest BCUT2D eigenvalue weighted by molar-refractivity contribution is -0.167. The quantitative estimate of drug-likeness (QED) is 0.846. The van der Waals surface area contributed by atoms with Gasteiger partial charge in [0.25, 0.3) is 0 Å². The minimum atomic E-state index is -0.143. The molecule has 0 aromatic carbocycles. The molecule has 1 aliphatic carbocycles. The molecule has 0 radical (unpaired) electrons. The van der Waals surface area contributed by atoms with Gasteiger partial charge in [0.1, 0.15) is 0 Å². The molecule has 0 bridgehead atoms. The van der Waals surface area contributed by atoms with E-state index in [2.05, 4.69) is 24.0 Å². The molecule has 1 amide bonds. The summed E-state index contributed by atoms with van der Waals surface area (Å²) in [5.74, 6) is 1.83. The number of fused-ring (bicyclic) bond motifs is 1. The third kappa shape index (κ3) is 2.85. The van der Waals surface area contributed by atoms with Gasteiger partial charge in [-0.2, -0.15) is 4.98 Å². The first-order chi connectivity index (χ1) is 11.1. The van der Waals surface area contributed by atoms with Crippen molar-refractivity contribution < 1.29 is 14.1 Å². The Bertz CT molecular complexity index is 617. The van der Waals surface area contributed by atoms with E-state index in [0.29, 0.717) is 36.6 Å². The van der Waals surface area contributed by atoms with Crippen LogP contribution >= 0.6 is 0 Å². The van der Waals surface area contributed by atoms with Crippen LogP contribution in [0, 0.1) is 11.3 Å². The van der Waals surface area contributed by atoms with Gasteiger partial charge in [0.15, 0.2) is 5.82 Å². The van der Waals surface area contributed by atoms with Crippen LogP contribution in [0.1, 0.15) is 59.2 Å². The smallest absolute Gasteiger partial charge is 0.227 e. The monoisotopic (exact) mass is 335 g/mol. The fourth-order valence-corrected chi connectivity index (χ4v) is 4.29. The highest BCUT2D eigenvalue weighted by atomic mass is 16.5. The summed E-state index contributed by atoms with van der Waals surface area (Å²) in [6.07, 6.45) is 2.23. The molecule has 2 fully saturated rings. The number of ether oxygens (including phenoxy) is 1. The second-order valence-corrected chi connectivity index (χ2v) is 8.78. The summed E-state index contributed by atoms with van der Waals surface area (Å²) in [6, 6.07) is 0.255. The molecule has 2 aliphatic rings. The molecule has 1 saturated heterocycles. The first-order valence-corrected chi connectivity index (χ1v) is 8.82. The van der Waals surface area contributed by atoms with Crippen LogP contribution in [0.15, 0.2) is 4.52 Å². The van der Waals surface area contributed by atoms with E-state index in [9.17, 15) is 4.79 Å². The Morgan fingerprint density at radius 2 is 2.08 bits per heavy atom. The third-order valence-corrected chi connectivity index (χ3v) is 5.54. The summed E-state index contributed by atoms with van der Waals surface area (Å²) in [5.41, 5.74) is -0.120. The van der Waals surface area contributed by atoms with Gasteiger partial charge in [0, 0.05) is 49.3 Å². The molecule has 3 atom stereocenters. The first kappa shape index (κ1) is 17.4. The minimum Gasteiger partial charge on any atom is -0.377 e. The number of amides is 1. The minimum absolute atomic E-state index is 0.0233. The van der Waals surface area contributed by atoms with Crippen molar-refractivity contribution in [2.24, 2.45) is 11.3 Å². The van der Waals surface area contributed by atoms with Crippen LogP contribution in [0.2, 0.25) is 0 Å². The predicted octanol–water partition coefficient (Wildman–Crippen LogP) is 2.57. The Morgan fingerprint density at radius 1 is 1.38 bits per heavy atom. The molecular formula is C18H29N3O3. The zero-order valence-electron chi connectivity index (χ0n) is 15.6. The molecule has 1 aliphatic heterocycles. The molecule has 1 aromatic rings. The van der Waals surface area contributed by atoms with Crippen LogP contribution in [-0.4, -0.2) is 46.7 Å². The highest BCUT2D eigenvalue weighted by Crippen LogP contribution is 2.54. The van der Waals surface area contributed by atoms with E-state index in [1.807, 2.05) is 32.7 Å². The number of hydrogen-bond acceptors (Lipinski definition) is 5. The average Bonchev–Trinajstić information content (AvgIpc) is 3.11. The lowest BCUT2D eigenvalue weighted by Crippen LogP contribution is -2.66. The number of aromatic nitrogens is 2. The molecule has 0 spiro atoms. The highest BCUT2D eigenvalue weighted by Gasteiger charge is 2.61. The van der Waals surface area contributed by atoms with E-state index in [0.717, 1.165) is 13.0 Å². The zero-order chi connectivity index (χ0) is 17.7. The van der Waals surface area contributed by atoms with Gasteiger partial charge in [-0.25, -0.2) is 0 Å². The number of hydrogen-bond donors (Lipinski definition) is 0. The molecule has 1 saturated carbocycles. The van der Waals surface area contributed by atoms with Crippen LogP contribution in [0.25, 0.3) is 0 Å². The summed E-state index contributed by atoms with van der Waals surface area (Å²) in [5, 5.41) is 4.01. The van der Waals surface area contributed by atoms with Crippen molar-refractivity contribution >= 4 is 5.91 Å². The third-order valence-electron chi connectivity index (χ3n) is 5.54. The van der Waals surface area contributed by atoms with E-state index in [-0.39, 0.29) is 22.8 Å². The van der Waals surface area contributed by atoms with Crippen molar-refractivity contribution in [1.29, 1.82) is 0 Å². The van der Waals surface area contributed by atoms with E-state index in [1.54, 1.807) is 0 Å². The maximum atomic E-state index is 12.6. The van der Waals surface area contributed by atoms with Crippen LogP contribution in [0.5, 0.6) is 0 Å². The van der Waals surface area contributed by atoms with Crippen molar-refractivity contribution in [2.45, 2.75) is 71.4 Å². The van der Waals surface area contributed by atoms with Gasteiger partial charge in [-0.1, -0.05) is 39.8 Å². The van der Waals surface area contributed by atoms with E-state index in [4.69, 9.17) is 9.26 Å². The summed E-state index contributed by atoms with van der Waals surface area (Å²) >= 11 is 0. The van der Waals surface area contributed by atoms with E-state index in [1.165, 1.54) is 0 Å². The van der Waals surface area contributed by atoms with Gasteiger partial charge in [-0.05, 0) is 6.42 Å². The number of aryl methyl sites for hydroxylation is 1. The van der Waals surface area contributed by atoms with Gasteiger partial charge in [0.05, 0.1) is 6.10 Å². The molecule has 6 heteroatoms. The summed E-state index contributed by atoms with van der Waals surface area (Å²) in [6.45, 7) is 11.3. The number of nitrogens with zero attached hydrogens (tertiary/aromatic N) is 3. The van der Waals surface area contributed by atoms with Crippen molar-refractivity contribution in [1.82, 2.24) is 15.0 Å². The molecule has 1 aromatic heterocycles. The van der Waals surface area contributed by atoms with E-state index < -0.39 is 0 Å². The predicted molar refractivity (Wildman–Crippen MR) is 89.5 cm³/mol. The molecule has 2 heterocycles. The Morgan fingerprint density at radius 3 is 2.71 bits per heavy atom.